The second-order valence-electron chi connectivity index (χ2n) is 5.78. The molecule has 3 rings (SSSR count). The van der Waals surface area contributed by atoms with E-state index in [9.17, 15) is 0 Å². The minimum Gasteiger partial charge on any atom is -0.456 e. The second-order valence-corrected chi connectivity index (χ2v) is 5.78. The van der Waals surface area contributed by atoms with E-state index in [0.717, 1.165) is 24.4 Å². The van der Waals surface area contributed by atoms with Gasteiger partial charge in [-0.1, -0.05) is 43.3 Å². The number of fused-ring (bicyclic) bond motifs is 1. The van der Waals surface area contributed by atoms with Gasteiger partial charge in [-0.25, -0.2) is 0 Å². The Bertz CT molecular complexity index is 710. The molecule has 4 N–H and O–H groups in total. The molecule has 4 heteroatoms. The summed E-state index contributed by atoms with van der Waals surface area (Å²) in [4.78, 5) is 0. The van der Waals surface area contributed by atoms with E-state index < -0.39 is 0 Å². The molecule has 0 bridgehead atoms. The Kier molecular flexibility index (Phi) is 4.53. The number of hydrogen-bond acceptors (Lipinski definition) is 4. The largest absolute Gasteiger partial charge is 0.456 e. The molecule has 23 heavy (non-hydrogen) atoms. The van der Waals surface area contributed by atoms with Crippen molar-refractivity contribution in [1.82, 2.24) is 5.32 Å². The quantitative estimate of drug-likeness (QED) is 0.784. The van der Waals surface area contributed by atoms with Crippen molar-refractivity contribution in [2.45, 2.75) is 32.9 Å². The number of nitrogens with one attached hydrogen (secondary N) is 2. The van der Waals surface area contributed by atoms with Crippen LogP contribution in [-0.4, -0.2) is 0 Å². The first-order chi connectivity index (χ1) is 11.2. The molecule has 1 aliphatic rings. The van der Waals surface area contributed by atoms with Gasteiger partial charge in [0.25, 0.3) is 0 Å². The maximum Gasteiger partial charge on any atom is 0.150 e. The van der Waals surface area contributed by atoms with E-state index in [0.29, 0.717) is 11.6 Å². The number of hydrogen-bond donors (Lipinski definition) is 3. The van der Waals surface area contributed by atoms with Crippen LogP contribution in [0.1, 0.15) is 37.4 Å². The molecular weight excluding hydrogens is 286 g/mol. The summed E-state index contributed by atoms with van der Waals surface area (Å²) in [6, 6.07) is 17.0. The number of allylic oxidation sites excluding steroid dienone is 1. The highest BCUT2D eigenvalue weighted by Crippen LogP contribution is 2.34. The Hall–Kier alpha value is -2.46. The van der Waals surface area contributed by atoms with Gasteiger partial charge in [-0.2, -0.15) is 0 Å². The lowest BCUT2D eigenvalue weighted by Crippen LogP contribution is -2.22. The maximum atomic E-state index is 5.91. The fourth-order valence-corrected chi connectivity index (χ4v) is 2.74. The van der Waals surface area contributed by atoms with E-state index in [2.05, 4.69) is 54.0 Å². The highest BCUT2D eigenvalue weighted by Gasteiger charge is 2.17. The van der Waals surface area contributed by atoms with E-state index >= 15 is 0 Å². The third-order valence-electron chi connectivity index (χ3n) is 4.12. The summed E-state index contributed by atoms with van der Waals surface area (Å²) in [5.41, 5.74) is 9.35. The van der Waals surface area contributed by atoms with Crippen LogP contribution in [-0.2, 0) is 6.54 Å². The molecule has 0 spiro atoms. The zero-order valence-electron chi connectivity index (χ0n) is 13.6. The Morgan fingerprint density at radius 2 is 1.96 bits per heavy atom. The van der Waals surface area contributed by atoms with Gasteiger partial charge < -0.3 is 21.1 Å². The Morgan fingerprint density at radius 3 is 2.70 bits per heavy atom. The van der Waals surface area contributed by atoms with Gasteiger partial charge in [-0.15, -0.1) is 0 Å². The lowest BCUT2D eigenvalue weighted by Gasteiger charge is -2.24. The SMILES string of the molecule is CCC(NCc1ccccc1)c1ccc2c(c1)NC(N)=C(C)O2. The van der Waals surface area contributed by atoms with Crippen LogP contribution in [0.3, 0.4) is 0 Å². The second kappa shape index (κ2) is 6.75. The van der Waals surface area contributed by atoms with Crippen molar-refractivity contribution in [2.75, 3.05) is 5.32 Å². The van der Waals surface area contributed by atoms with E-state index in [4.69, 9.17) is 10.5 Å². The van der Waals surface area contributed by atoms with E-state index in [1.54, 1.807) is 0 Å². The summed E-state index contributed by atoms with van der Waals surface area (Å²) in [7, 11) is 0. The highest BCUT2D eigenvalue weighted by molar-refractivity contribution is 5.63. The molecule has 0 radical (unpaired) electrons. The number of rotatable bonds is 5. The monoisotopic (exact) mass is 309 g/mol. The van der Waals surface area contributed by atoms with Crippen molar-refractivity contribution in [3.05, 3.63) is 71.2 Å². The number of anilines is 1. The van der Waals surface area contributed by atoms with Crippen molar-refractivity contribution in [3.8, 4) is 5.75 Å². The fraction of sp³-hybridized carbons (Fsp3) is 0.263. The van der Waals surface area contributed by atoms with Crippen molar-refractivity contribution >= 4 is 5.69 Å². The predicted molar refractivity (Wildman–Crippen MR) is 93.9 cm³/mol. The standard InChI is InChI=1S/C19H23N3O/c1-3-16(21-12-14-7-5-4-6-8-14)15-9-10-18-17(11-15)22-19(20)13(2)23-18/h4-11,16,21-22H,3,12,20H2,1-2H3. The molecule has 2 aromatic rings. The van der Waals surface area contributed by atoms with Gasteiger partial charge >= 0.3 is 0 Å². The Labute approximate surface area is 137 Å². The van der Waals surface area contributed by atoms with Gasteiger partial charge in [0.15, 0.2) is 5.75 Å². The van der Waals surface area contributed by atoms with Crippen molar-refractivity contribution < 1.29 is 4.74 Å². The van der Waals surface area contributed by atoms with Crippen LogP contribution >= 0.6 is 0 Å². The van der Waals surface area contributed by atoms with Gasteiger partial charge in [0, 0.05) is 12.6 Å². The maximum absolute atomic E-state index is 5.91. The van der Waals surface area contributed by atoms with E-state index in [1.165, 1.54) is 11.1 Å². The van der Waals surface area contributed by atoms with Crippen molar-refractivity contribution in [3.63, 3.8) is 0 Å². The van der Waals surface area contributed by atoms with Gasteiger partial charge in [0.05, 0.1) is 5.69 Å². The number of benzene rings is 2. The average Bonchev–Trinajstić information content (AvgIpc) is 2.57. The van der Waals surface area contributed by atoms with Crippen LogP contribution in [0.5, 0.6) is 5.75 Å². The minimum absolute atomic E-state index is 0.288. The van der Waals surface area contributed by atoms with Crippen molar-refractivity contribution in [2.24, 2.45) is 5.73 Å². The summed E-state index contributed by atoms with van der Waals surface area (Å²) in [6.07, 6.45) is 1.01. The molecule has 0 aromatic heterocycles. The van der Waals surface area contributed by atoms with Crippen LogP contribution < -0.4 is 21.1 Å². The molecule has 0 saturated heterocycles. The molecule has 1 heterocycles. The molecule has 4 nitrogen and oxygen atoms in total. The normalized spacial score (nSPS) is 14.7. The number of ether oxygens (including phenoxy) is 1. The summed E-state index contributed by atoms with van der Waals surface area (Å²) in [5, 5.41) is 6.82. The highest BCUT2D eigenvalue weighted by atomic mass is 16.5. The minimum atomic E-state index is 0.288. The summed E-state index contributed by atoms with van der Waals surface area (Å²) >= 11 is 0. The molecule has 1 aliphatic heterocycles. The Morgan fingerprint density at radius 1 is 1.17 bits per heavy atom. The first-order valence-corrected chi connectivity index (χ1v) is 8.00. The fourth-order valence-electron chi connectivity index (χ4n) is 2.74. The first-order valence-electron chi connectivity index (χ1n) is 8.00. The van der Waals surface area contributed by atoms with Crippen LogP contribution in [0.25, 0.3) is 0 Å². The lowest BCUT2D eigenvalue weighted by molar-refractivity contribution is 0.415. The van der Waals surface area contributed by atoms with Gasteiger partial charge in [-0.3, -0.25) is 0 Å². The van der Waals surface area contributed by atoms with Crippen LogP contribution in [0.2, 0.25) is 0 Å². The van der Waals surface area contributed by atoms with Crippen LogP contribution in [0, 0.1) is 0 Å². The average molecular weight is 309 g/mol. The molecule has 1 unspecified atom stereocenters. The zero-order chi connectivity index (χ0) is 16.2. The molecule has 120 valence electrons. The van der Waals surface area contributed by atoms with Crippen LogP contribution in [0.4, 0.5) is 5.69 Å². The third kappa shape index (κ3) is 3.48. The molecular formula is C19H23N3O. The molecule has 0 amide bonds. The summed E-state index contributed by atoms with van der Waals surface area (Å²) < 4.78 is 5.71. The Balaban J connectivity index is 1.74. The first kappa shape index (κ1) is 15.4. The van der Waals surface area contributed by atoms with Crippen molar-refractivity contribution in [1.29, 1.82) is 0 Å². The molecule has 0 aliphatic carbocycles. The predicted octanol–water partition coefficient (Wildman–Crippen LogP) is 3.88. The smallest absolute Gasteiger partial charge is 0.150 e. The van der Waals surface area contributed by atoms with Crippen LogP contribution in [0.15, 0.2) is 60.1 Å². The lowest BCUT2D eigenvalue weighted by atomic mass is 10.0. The van der Waals surface area contributed by atoms with Gasteiger partial charge in [-0.05, 0) is 36.6 Å². The molecule has 0 fully saturated rings. The summed E-state index contributed by atoms with van der Waals surface area (Å²) in [5.74, 6) is 2.10. The zero-order valence-corrected chi connectivity index (χ0v) is 13.6. The van der Waals surface area contributed by atoms with E-state index in [-0.39, 0.29) is 6.04 Å². The number of nitrogens with two attached hydrogens (primary N) is 1. The molecule has 0 saturated carbocycles. The summed E-state index contributed by atoms with van der Waals surface area (Å²) in [6.45, 7) is 4.89. The third-order valence-corrected chi connectivity index (χ3v) is 4.12. The topological polar surface area (TPSA) is 59.3 Å². The van der Waals surface area contributed by atoms with E-state index in [1.807, 2.05) is 19.1 Å². The van der Waals surface area contributed by atoms with Gasteiger partial charge in [0.1, 0.15) is 11.6 Å². The van der Waals surface area contributed by atoms with Gasteiger partial charge in [0.2, 0.25) is 0 Å². The molecule has 1 atom stereocenters. The molecule has 2 aromatic carbocycles.